The predicted molar refractivity (Wildman–Crippen MR) is 99.7 cm³/mol. The number of ether oxygens (including phenoxy) is 1. The van der Waals surface area contributed by atoms with Crippen LogP contribution in [0.25, 0.3) is 0 Å². The van der Waals surface area contributed by atoms with E-state index in [9.17, 15) is 14.7 Å². The van der Waals surface area contributed by atoms with Crippen LogP contribution in [-0.2, 0) is 16.0 Å². The summed E-state index contributed by atoms with van der Waals surface area (Å²) in [6.45, 7) is 6.08. The molecule has 4 nitrogen and oxygen atoms in total. The maximum Gasteiger partial charge on any atom is 0.337 e. The Kier molecular flexibility index (Phi) is 8.84. The molecule has 0 fully saturated rings. The molecule has 4 heteroatoms. The van der Waals surface area contributed by atoms with Gasteiger partial charge in [-0.05, 0) is 37.2 Å². The highest BCUT2D eigenvalue weighted by Crippen LogP contribution is 2.25. The van der Waals surface area contributed by atoms with Gasteiger partial charge in [-0.3, -0.25) is 4.79 Å². The predicted octanol–water partition coefficient (Wildman–Crippen LogP) is 4.33. The van der Waals surface area contributed by atoms with Gasteiger partial charge in [-0.15, -0.1) is 0 Å². The maximum absolute atomic E-state index is 11.5. The van der Waals surface area contributed by atoms with Gasteiger partial charge in [0.25, 0.3) is 0 Å². The molecule has 1 aliphatic rings. The average molecular weight is 348 g/mol. The SMILES string of the molecule is CCCCCC(O)(CC(C)C)C(=O)OC.O=C1CCc2ccccc21. The number of hydrogen-bond acceptors (Lipinski definition) is 4. The van der Waals surface area contributed by atoms with Gasteiger partial charge >= 0.3 is 5.97 Å². The lowest BCUT2D eigenvalue weighted by molar-refractivity contribution is -0.165. The molecule has 0 saturated heterocycles. The van der Waals surface area contributed by atoms with E-state index in [-0.39, 0.29) is 5.92 Å². The van der Waals surface area contributed by atoms with E-state index in [1.165, 1.54) is 12.7 Å². The topological polar surface area (TPSA) is 63.6 Å². The first-order valence-corrected chi connectivity index (χ1v) is 9.26. The van der Waals surface area contributed by atoms with Crippen molar-refractivity contribution in [2.24, 2.45) is 5.92 Å². The molecular formula is C21H32O4. The summed E-state index contributed by atoms with van der Waals surface area (Å²) in [6, 6.07) is 7.84. The normalized spacial score (nSPS) is 15.2. The first-order valence-electron chi connectivity index (χ1n) is 9.26. The molecule has 0 saturated carbocycles. The highest BCUT2D eigenvalue weighted by atomic mass is 16.5. The number of Topliss-reactive ketones (excluding diaryl/α,β-unsaturated/α-hetero) is 1. The quantitative estimate of drug-likeness (QED) is 0.588. The molecule has 25 heavy (non-hydrogen) atoms. The van der Waals surface area contributed by atoms with Gasteiger partial charge in [0.15, 0.2) is 11.4 Å². The monoisotopic (exact) mass is 348 g/mol. The third-order valence-electron chi connectivity index (χ3n) is 4.44. The first-order chi connectivity index (χ1) is 11.8. The van der Waals surface area contributed by atoms with Crippen molar-refractivity contribution in [1.29, 1.82) is 0 Å². The zero-order valence-corrected chi connectivity index (χ0v) is 16.0. The molecular weight excluding hydrogens is 316 g/mol. The number of aliphatic hydroxyl groups is 1. The lowest BCUT2D eigenvalue weighted by Crippen LogP contribution is -2.40. The fraction of sp³-hybridized carbons (Fsp3) is 0.619. The summed E-state index contributed by atoms with van der Waals surface area (Å²) in [5, 5.41) is 10.2. The molecule has 0 heterocycles. The number of aryl methyl sites for hydroxylation is 1. The van der Waals surface area contributed by atoms with Crippen LogP contribution in [0.15, 0.2) is 24.3 Å². The van der Waals surface area contributed by atoms with E-state index < -0.39 is 11.6 Å². The second kappa shape index (κ2) is 10.3. The second-order valence-electron chi connectivity index (χ2n) is 7.16. The number of esters is 1. The first kappa shape index (κ1) is 21.4. The lowest BCUT2D eigenvalue weighted by Gasteiger charge is -2.26. The number of rotatable bonds is 7. The summed E-state index contributed by atoms with van der Waals surface area (Å²) in [6.07, 6.45) is 5.62. The van der Waals surface area contributed by atoms with Crippen LogP contribution < -0.4 is 0 Å². The van der Waals surface area contributed by atoms with Gasteiger partial charge in [0.1, 0.15) is 0 Å². The molecule has 0 aromatic heterocycles. The van der Waals surface area contributed by atoms with Gasteiger partial charge in [-0.2, -0.15) is 0 Å². The zero-order chi connectivity index (χ0) is 18.9. The Bertz CT molecular complexity index is 565. The van der Waals surface area contributed by atoms with Crippen LogP contribution in [-0.4, -0.2) is 29.6 Å². The third kappa shape index (κ3) is 6.62. The largest absolute Gasteiger partial charge is 0.467 e. The van der Waals surface area contributed by atoms with Crippen LogP contribution in [0.2, 0.25) is 0 Å². The van der Waals surface area contributed by atoms with E-state index in [0.29, 0.717) is 25.0 Å². The van der Waals surface area contributed by atoms with Crippen LogP contribution in [0, 0.1) is 5.92 Å². The van der Waals surface area contributed by atoms with Crippen molar-refractivity contribution in [2.75, 3.05) is 7.11 Å². The smallest absolute Gasteiger partial charge is 0.337 e. The van der Waals surface area contributed by atoms with Crippen molar-refractivity contribution in [3.8, 4) is 0 Å². The van der Waals surface area contributed by atoms with E-state index >= 15 is 0 Å². The fourth-order valence-electron chi connectivity index (χ4n) is 3.21. The lowest BCUT2D eigenvalue weighted by atomic mass is 9.87. The maximum atomic E-state index is 11.5. The minimum absolute atomic E-state index is 0.288. The Morgan fingerprint density at radius 1 is 1.24 bits per heavy atom. The van der Waals surface area contributed by atoms with Gasteiger partial charge in [-0.1, -0.05) is 57.9 Å². The number of fused-ring (bicyclic) bond motifs is 1. The number of benzene rings is 1. The van der Waals surface area contributed by atoms with Crippen molar-refractivity contribution in [2.45, 2.75) is 71.3 Å². The molecule has 1 aromatic rings. The molecule has 1 aliphatic carbocycles. The van der Waals surface area contributed by atoms with Gasteiger partial charge in [0.05, 0.1) is 7.11 Å². The van der Waals surface area contributed by atoms with Gasteiger partial charge in [0, 0.05) is 12.0 Å². The van der Waals surface area contributed by atoms with Crippen LogP contribution >= 0.6 is 0 Å². The molecule has 2 rings (SSSR count). The Morgan fingerprint density at radius 3 is 2.48 bits per heavy atom. The number of hydrogen-bond donors (Lipinski definition) is 1. The van der Waals surface area contributed by atoms with Crippen molar-refractivity contribution in [3.63, 3.8) is 0 Å². The van der Waals surface area contributed by atoms with E-state index in [1.54, 1.807) is 0 Å². The third-order valence-corrected chi connectivity index (χ3v) is 4.44. The van der Waals surface area contributed by atoms with E-state index in [1.807, 2.05) is 38.1 Å². The molecule has 140 valence electrons. The molecule has 0 radical (unpaired) electrons. The molecule has 0 aliphatic heterocycles. The van der Waals surface area contributed by atoms with Crippen molar-refractivity contribution < 1.29 is 19.4 Å². The number of carbonyl (C=O) groups is 2. The molecule has 1 unspecified atom stereocenters. The number of ketones is 1. The number of unbranched alkanes of at least 4 members (excludes halogenated alkanes) is 2. The Morgan fingerprint density at radius 2 is 1.92 bits per heavy atom. The minimum atomic E-state index is -1.28. The van der Waals surface area contributed by atoms with Crippen molar-refractivity contribution >= 4 is 11.8 Å². The molecule has 1 aromatic carbocycles. The number of carbonyl (C=O) groups excluding carboxylic acids is 2. The fourth-order valence-corrected chi connectivity index (χ4v) is 3.21. The summed E-state index contributed by atoms with van der Waals surface area (Å²) in [7, 11) is 1.33. The standard InChI is InChI=1S/C12H24O3.C9H8O/c1-5-6-7-8-12(14,9-10(2)3)11(13)15-4;10-9-6-5-7-3-1-2-4-8(7)9/h10,14H,5-9H2,1-4H3;1-4H,5-6H2. The highest BCUT2D eigenvalue weighted by molar-refractivity contribution is 6.00. The van der Waals surface area contributed by atoms with Crippen LogP contribution in [0.5, 0.6) is 0 Å². The summed E-state index contributed by atoms with van der Waals surface area (Å²) in [4.78, 5) is 22.6. The van der Waals surface area contributed by atoms with Gasteiger partial charge < -0.3 is 9.84 Å². The summed E-state index contributed by atoms with van der Waals surface area (Å²) in [5.41, 5.74) is 0.868. The summed E-state index contributed by atoms with van der Waals surface area (Å²) < 4.78 is 4.66. The Hall–Kier alpha value is -1.68. The summed E-state index contributed by atoms with van der Waals surface area (Å²) in [5.74, 6) is 0.0960. The molecule has 1 atom stereocenters. The Labute approximate surface area is 151 Å². The molecule has 0 spiro atoms. The van der Waals surface area contributed by atoms with Crippen molar-refractivity contribution in [1.82, 2.24) is 0 Å². The van der Waals surface area contributed by atoms with Crippen LogP contribution in [0.3, 0.4) is 0 Å². The molecule has 1 N–H and O–H groups in total. The molecule has 0 amide bonds. The zero-order valence-electron chi connectivity index (χ0n) is 16.0. The average Bonchev–Trinajstić information content (AvgIpc) is 2.96. The van der Waals surface area contributed by atoms with E-state index in [0.717, 1.165) is 31.2 Å². The van der Waals surface area contributed by atoms with Crippen molar-refractivity contribution in [3.05, 3.63) is 35.4 Å². The molecule has 0 bridgehead atoms. The van der Waals surface area contributed by atoms with E-state index in [2.05, 4.69) is 11.7 Å². The minimum Gasteiger partial charge on any atom is -0.467 e. The Balaban J connectivity index is 0.000000267. The van der Waals surface area contributed by atoms with Crippen LogP contribution in [0.4, 0.5) is 0 Å². The highest BCUT2D eigenvalue weighted by Gasteiger charge is 2.36. The van der Waals surface area contributed by atoms with Gasteiger partial charge in [-0.25, -0.2) is 4.79 Å². The van der Waals surface area contributed by atoms with Gasteiger partial charge in [0.2, 0.25) is 0 Å². The van der Waals surface area contributed by atoms with E-state index in [4.69, 9.17) is 0 Å². The summed E-state index contributed by atoms with van der Waals surface area (Å²) >= 11 is 0. The van der Waals surface area contributed by atoms with Crippen LogP contribution in [0.1, 0.15) is 75.2 Å². The second-order valence-corrected chi connectivity index (χ2v) is 7.16. The number of methoxy groups -OCH3 is 1.